The molecule has 1 fully saturated rings. The van der Waals surface area contributed by atoms with Gasteiger partial charge >= 0.3 is 5.97 Å². The number of hydrogen-bond donors (Lipinski definition) is 1. The van der Waals surface area contributed by atoms with Crippen molar-refractivity contribution in [3.8, 4) is 0 Å². The SMILES string of the molecule is CC1=C(c2ccccc2)C(CC(O)C2CCC(OC(=O)c3ccccc3)CC2)n2cncc21. The van der Waals surface area contributed by atoms with E-state index in [1.54, 1.807) is 12.1 Å². The van der Waals surface area contributed by atoms with Crippen LogP contribution in [0.1, 0.15) is 66.7 Å². The highest BCUT2D eigenvalue weighted by molar-refractivity contribution is 5.93. The van der Waals surface area contributed by atoms with E-state index < -0.39 is 6.10 Å². The Morgan fingerprint density at radius 1 is 1.06 bits per heavy atom. The summed E-state index contributed by atoms with van der Waals surface area (Å²) >= 11 is 0. The number of aliphatic hydroxyl groups excluding tert-OH is 1. The zero-order valence-corrected chi connectivity index (χ0v) is 18.9. The third-order valence-corrected chi connectivity index (χ3v) is 7.22. The van der Waals surface area contributed by atoms with Gasteiger partial charge in [0.2, 0.25) is 0 Å². The molecule has 170 valence electrons. The average molecular weight is 443 g/mol. The lowest BCUT2D eigenvalue weighted by Gasteiger charge is -2.33. The maximum atomic E-state index is 12.4. The van der Waals surface area contributed by atoms with Gasteiger partial charge in [0.1, 0.15) is 6.10 Å². The topological polar surface area (TPSA) is 64.3 Å². The molecule has 3 aromatic rings. The monoisotopic (exact) mass is 442 g/mol. The fraction of sp³-hybridized carbons (Fsp3) is 0.357. The number of fused-ring (bicyclic) bond motifs is 1. The first-order valence-corrected chi connectivity index (χ1v) is 11.8. The second-order valence-electron chi connectivity index (χ2n) is 9.22. The van der Waals surface area contributed by atoms with E-state index >= 15 is 0 Å². The van der Waals surface area contributed by atoms with E-state index in [4.69, 9.17) is 4.74 Å². The number of rotatable bonds is 6. The molecule has 5 heteroatoms. The molecule has 2 unspecified atom stereocenters. The molecule has 0 amide bonds. The molecular formula is C28H30N2O3. The summed E-state index contributed by atoms with van der Waals surface area (Å²) in [6, 6.07) is 19.7. The van der Waals surface area contributed by atoms with E-state index in [0.717, 1.165) is 31.4 Å². The first kappa shape index (κ1) is 21.7. The maximum Gasteiger partial charge on any atom is 0.338 e. The van der Waals surface area contributed by atoms with Gasteiger partial charge in [-0.1, -0.05) is 48.5 Å². The van der Waals surface area contributed by atoms with Crippen LogP contribution in [-0.2, 0) is 4.74 Å². The molecule has 1 aliphatic carbocycles. The third kappa shape index (κ3) is 4.38. The molecule has 2 heterocycles. The van der Waals surface area contributed by atoms with Crippen molar-refractivity contribution < 1.29 is 14.6 Å². The smallest absolute Gasteiger partial charge is 0.338 e. The Balaban J connectivity index is 1.23. The molecule has 1 aliphatic heterocycles. The van der Waals surface area contributed by atoms with Gasteiger partial charge in [0.05, 0.1) is 35.9 Å². The molecule has 5 rings (SSSR count). The van der Waals surface area contributed by atoms with Crippen molar-refractivity contribution in [2.45, 2.75) is 57.3 Å². The molecule has 0 spiro atoms. The first-order valence-electron chi connectivity index (χ1n) is 11.8. The van der Waals surface area contributed by atoms with Crippen molar-refractivity contribution >= 4 is 17.1 Å². The van der Waals surface area contributed by atoms with Crippen molar-refractivity contribution in [3.05, 3.63) is 90.0 Å². The summed E-state index contributed by atoms with van der Waals surface area (Å²) in [6.07, 6.45) is 7.27. The minimum Gasteiger partial charge on any atom is -0.459 e. The van der Waals surface area contributed by atoms with Gasteiger partial charge in [0.15, 0.2) is 0 Å². The van der Waals surface area contributed by atoms with E-state index in [2.05, 4.69) is 40.7 Å². The predicted octanol–water partition coefficient (Wildman–Crippen LogP) is 5.54. The van der Waals surface area contributed by atoms with Crippen LogP contribution in [-0.4, -0.2) is 32.8 Å². The molecule has 0 saturated heterocycles. The molecule has 2 aromatic carbocycles. The number of imidazole rings is 1. The minimum atomic E-state index is -0.416. The van der Waals surface area contributed by atoms with Crippen LogP contribution in [0.4, 0.5) is 0 Å². The number of aromatic nitrogens is 2. The Hall–Kier alpha value is -3.18. The number of nitrogens with zero attached hydrogens (tertiary/aromatic N) is 2. The van der Waals surface area contributed by atoms with Crippen LogP contribution in [0.2, 0.25) is 0 Å². The van der Waals surface area contributed by atoms with Gasteiger partial charge in [0.25, 0.3) is 0 Å². The van der Waals surface area contributed by atoms with Gasteiger partial charge in [-0.15, -0.1) is 0 Å². The van der Waals surface area contributed by atoms with Crippen LogP contribution in [0.25, 0.3) is 11.1 Å². The molecule has 33 heavy (non-hydrogen) atoms. The molecule has 1 aromatic heterocycles. The van der Waals surface area contributed by atoms with Crippen LogP contribution in [0, 0.1) is 5.92 Å². The zero-order chi connectivity index (χ0) is 22.8. The Bertz CT molecular complexity index is 1130. The number of carbonyl (C=O) groups excluding carboxylic acids is 1. The van der Waals surface area contributed by atoms with E-state index in [-0.39, 0.29) is 24.0 Å². The lowest BCUT2D eigenvalue weighted by atomic mass is 9.80. The molecule has 0 radical (unpaired) electrons. The number of aliphatic hydroxyl groups is 1. The summed E-state index contributed by atoms with van der Waals surface area (Å²) in [6.45, 7) is 2.15. The second-order valence-corrected chi connectivity index (χ2v) is 9.22. The van der Waals surface area contributed by atoms with Gasteiger partial charge in [-0.05, 0) is 73.8 Å². The van der Waals surface area contributed by atoms with E-state index in [1.807, 2.05) is 36.8 Å². The Labute approximate surface area is 194 Å². The maximum absolute atomic E-state index is 12.4. The first-order chi connectivity index (χ1) is 16.1. The predicted molar refractivity (Wildman–Crippen MR) is 128 cm³/mol. The number of esters is 1. The zero-order valence-electron chi connectivity index (χ0n) is 18.9. The molecule has 5 nitrogen and oxygen atoms in total. The highest BCUT2D eigenvalue weighted by Crippen LogP contribution is 2.45. The number of allylic oxidation sites excluding steroid dienone is 2. The molecule has 0 bridgehead atoms. The standard InChI is InChI=1S/C28H30N2O3/c1-19-25-17-29-18-30(25)24(27(19)21-8-4-2-5-9-21)16-26(31)20-12-14-23(15-13-20)33-28(32)22-10-6-3-7-11-22/h2-11,17-18,20,23-24,26,31H,12-16H2,1H3. The summed E-state index contributed by atoms with van der Waals surface area (Å²) in [5, 5.41) is 11.2. The van der Waals surface area contributed by atoms with Crippen LogP contribution in [0.15, 0.2) is 73.2 Å². The van der Waals surface area contributed by atoms with Crippen molar-refractivity contribution in [1.29, 1.82) is 0 Å². The normalized spacial score (nSPS) is 23.3. The van der Waals surface area contributed by atoms with Gasteiger partial charge in [-0.2, -0.15) is 0 Å². The average Bonchev–Trinajstić information content (AvgIpc) is 3.43. The fourth-order valence-electron chi connectivity index (χ4n) is 5.43. The lowest BCUT2D eigenvalue weighted by molar-refractivity contribution is 0.00103. The largest absolute Gasteiger partial charge is 0.459 e. The number of benzene rings is 2. The molecule has 2 aliphatic rings. The van der Waals surface area contributed by atoms with Crippen molar-refractivity contribution in [2.24, 2.45) is 5.92 Å². The van der Waals surface area contributed by atoms with E-state index in [0.29, 0.717) is 12.0 Å². The Morgan fingerprint density at radius 3 is 2.42 bits per heavy atom. The molecule has 2 atom stereocenters. The quantitative estimate of drug-likeness (QED) is 0.510. The minimum absolute atomic E-state index is 0.0742. The summed E-state index contributed by atoms with van der Waals surface area (Å²) < 4.78 is 7.93. The number of ether oxygens (including phenoxy) is 1. The van der Waals surface area contributed by atoms with Crippen molar-refractivity contribution in [1.82, 2.24) is 9.55 Å². The fourth-order valence-corrected chi connectivity index (χ4v) is 5.43. The lowest BCUT2D eigenvalue weighted by Crippen LogP contribution is -2.31. The van der Waals surface area contributed by atoms with Gasteiger partial charge in [0, 0.05) is 0 Å². The van der Waals surface area contributed by atoms with Gasteiger partial charge in [-0.3, -0.25) is 0 Å². The second kappa shape index (κ2) is 9.36. The van der Waals surface area contributed by atoms with Crippen LogP contribution in [0.5, 0.6) is 0 Å². The van der Waals surface area contributed by atoms with Crippen LogP contribution >= 0.6 is 0 Å². The summed E-state index contributed by atoms with van der Waals surface area (Å²) in [4.78, 5) is 16.7. The van der Waals surface area contributed by atoms with Gasteiger partial charge in [-0.25, -0.2) is 9.78 Å². The van der Waals surface area contributed by atoms with E-state index in [9.17, 15) is 9.90 Å². The summed E-state index contributed by atoms with van der Waals surface area (Å²) in [5.41, 5.74) is 5.42. The van der Waals surface area contributed by atoms with Crippen LogP contribution < -0.4 is 0 Å². The Morgan fingerprint density at radius 2 is 1.73 bits per heavy atom. The van der Waals surface area contributed by atoms with Crippen LogP contribution in [0.3, 0.4) is 0 Å². The van der Waals surface area contributed by atoms with Crippen molar-refractivity contribution in [3.63, 3.8) is 0 Å². The van der Waals surface area contributed by atoms with Crippen molar-refractivity contribution in [2.75, 3.05) is 0 Å². The summed E-state index contributed by atoms with van der Waals surface area (Å²) in [5.74, 6) is -0.0483. The summed E-state index contributed by atoms with van der Waals surface area (Å²) in [7, 11) is 0. The third-order valence-electron chi connectivity index (χ3n) is 7.22. The highest BCUT2D eigenvalue weighted by Gasteiger charge is 2.35. The number of carbonyl (C=O) groups is 1. The number of hydrogen-bond acceptors (Lipinski definition) is 4. The molecular weight excluding hydrogens is 412 g/mol. The Kier molecular flexibility index (Phi) is 6.14. The highest BCUT2D eigenvalue weighted by atomic mass is 16.5. The molecule has 1 N–H and O–H groups in total. The molecule has 1 saturated carbocycles. The van der Waals surface area contributed by atoms with Gasteiger partial charge < -0.3 is 14.4 Å². The van der Waals surface area contributed by atoms with E-state index in [1.165, 1.54) is 16.7 Å².